The van der Waals surface area contributed by atoms with E-state index >= 15 is 0 Å². The second-order valence-electron chi connectivity index (χ2n) is 4.97. The Bertz CT molecular complexity index is 291. The van der Waals surface area contributed by atoms with Gasteiger partial charge in [-0.3, -0.25) is 4.79 Å². The van der Waals surface area contributed by atoms with E-state index < -0.39 is 0 Å². The van der Waals surface area contributed by atoms with Crippen LogP contribution in [-0.4, -0.2) is 18.6 Å². The first-order valence-corrected chi connectivity index (χ1v) is 5.69. The Morgan fingerprint density at radius 1 is 1.47 bits per heavy atom. The van der Waals surface area contributed by atoms with Gasteiger partial charge < -0.3 is 9.58 Å². The highest BCUT2D eigenvalue weighted by atomic mass is 16.5. The molecule has 0 N–H and O–H groups in total. The molecule has 0 aliphatic heterocycles. The molecule has 0 aromatic heterocycles. The lowest BCUT2D eigenvalue weighted by Gasteiger charge is -2.53. The molecule has 0 heterocycles. The maximum absolute atomic E-state index is 11.2. The zero-order valence-corrected chi connectivity index (χ0v) is 9.16. The maximum atomic E-state index is 11.2. The molecule has 0 radical (unpaired) electrons. The van der Waals surface area contributed by atoms with Crippen molar-refractivity contribution in [1.29, 1.82) is 0 Å². The van der Waals surface area contributed by atoms with Gasteiger partial charge in [-0.05, 0) is 31.1 Å². The molecular formula is C12H17NO2. The van der Waals surface area contributed by atoms with Crippen LogP contribution < -0.4 is 0 Å². The Morgan fingerprint density at radius 2 is 2.13 bits per heavy atom. The number of hydrogen-bond donors (Lipinski definition) is 0. The van der Waals surface area contributed by atoms with Crippen LogP contribution in [0.25, 0.3) is 4.85 Å². The van der Waals surface area contributed by atoms with Gasteiger partial charge in [0.1, 0.15) is 0 Å². The first-order valence-electron chi connectivity index (χ1n) is 5.69. The third kappa shape index (κ3) is 1.99. The Kier molecular flexibility index (Phi) is 2.68. The number of carbonyl (C=O) groups excluding carboxylic acids is 1. The first kappa shape index (κ1) is 10.5. The van der Waals surface area contributed by atoms with Crippen LogP contribution in [0, 0.1) is 17.9 Å². The number of ether oxygens (including phenoxy) is 1. The molecule has 2 saturated carbocycles. The van der Waals surface area contributed by atoms with Crippen molar-refractivity contribution in [2.45, 2.75) is 45.1 Å². The van der Waals surface area contributed by atoms with Gasteiger partial charge in [0.2, 0.25) is 6.04 Å². The molecule has 2 fully saturated rings. The van der Waals surface area contributed by atoms with Crippen LogP contribution in [0.4, 0.5) is 0 Å². The van der Waals surface area contributed by atoms with Crippen LogP contribution in [0.5, 0.6) is 0 Å². The minimum atomic E-state index is -0.0570. The fourth-order valence-electron chi connectivity index (χ4n) is 3.13. The van der Waals surface area contributed by atoms with Gasteiger partial charge in [-0.2, -0.15) is 0 Å². The lowest BCUT2D eigenvalue weighted by Crippen LogP contribution is -2.49. The topological polar surface area (TPSA) is 30.7 Å². The van der Waals surface area contributed by atoms with E-state index in [9.17, 15) is 4.79 Å². The second kappa shape index (κ2) is 3.84. The van der Waals surface area contributed by atoms with E-state index in [1.165, 1.54) is 0 Å². The van der Waals surface area contributed by atoms with Crippen molar-refractivity contribution in [1.82, 2.24) is 0 Å². The van der Waals surface area contributed by atoms with Crippen LogP contribution in [0.15, 0.2) is 0 Å². The predicted molar refractivity (Wildman–Crippen MR) is 56.0 cm³/mol. The molecule has 2 rings (SSSR count). The van der Waals surface area contributed by atoms with E-state index in [0.717, 1.165) is 25.7 Å². The Balaban J connectivity index is 1.67. The van der Waals surface area contributed by atoms with Gasteiger partial charge in [-0.25, -0.2) is 6.57 Å². The molecule has 0 amide bonds. The van der Waals surface area contributed by atoms with Crippen molar-refractivity contribution in [3.05, 3.63) is 11.4 Å². The quantitative estimate of drug-likeness (QED) is 0.525. The molecule has 1 spiro atoms. The smallest absolute Gasteiger partial charge is 0.306 e. The van der Waals surface area contributed by atoms with Gasteiger partial charge in [0, 0.05) is 19.3 Å². The maximum Gasteiger partial charge on any atom is 0.306 e. The van der Waals surface area contributed by atoms with Crippen molar-refractivity contribution in [2.24, 2.45) is 11.3 Å². The minimum Gasteiger partial charge on any atom is -0.466 e. The summed E-state index contributed by atoms with van der Waals surface area (Å²) in [6.07, 6.45) is 4.99. The third-order valence-electron chi connectivity index (χ3n) is 3.72. The van der Waals surface area contributed by atoms with Gasteiger partial charge in [-0.15, -0.1) is 0 Å². The van der Waals surface area contributed by atoms with Gasteiger partial charge >= 0.3 is 5.97 Å². The molecule has 0 atom stereocenters. The summed E-state index contributed by atoms with van der Waals surface area (Å²) in [5.41, 5.74) is 0.451. The van der Waals surface area contributed by atoms with Crippen molar-refractivity contribution in [3.8, 4) is 0 Å². The van der Waals surface area contributed by atoms with Gasteiger partial charge in [-0.1, -0.05) is 0 Å². The summed E-state index contributed by atoms with van der Waals surface area (Å²) in [6, 6.07) is 0.272. The first-order chi connectivity index (χ1) is 7.17. The lowest BCUT2D eigenvalue weighted by atomic mass is 9.49. The van der Waals surface area contributed by atoms with Crippen molar-refractivity contribution in [3.63, 3.8) is 0 Å². The summed E-state index contributed by atoms with van der Waals surface area (Å²) >= 11 is 0. The summed E-state index contributed by atoms with van der Waals surface area (Å²) in [5.74, 6) is 0.467. The molecule has 0 bridgehead atoms. The van der Waals surface area contributed by atoms with E-state index in [4.69, 9.17) is 11.3 Å². The van der Waals surface area contributed by atoms with Gasteiger partial charge in [0.25, 0.3) is 0 Å². The Hall–Kier alpha value is -1.04. The van der Waals surface area contributed by atoms with E-state index in [0.29, 0.717) is 24.4 Å². The van der Waals surface area contributed by atoms with Crippen molar-refractivity contribution >= 4 is 5.97 Å². The summed E-state index contributed by atoms with van der Waals surface area (Å²) < 4.78 is 4.92. The minimum absolute atomic E-state index is 0.0570. The summed E-state index contributed by atoms with van der Waals surface area (Å²) in [7, 11) is 0. The molecule has 15 heavy (non-hydrogen) atoms. The van der Waals surface area contributed by atoms with Crippen molar-refractivity contribution in [2.75, 3.05) is 6.61 Å². The largest absolute Gasteiger partial charge is 0.466 e. The van der Waals surface area contributed by atoms with E-state index in [-0.39, 0.29) is 12.0 Å². The number of hydrogen-bond acceptors (Lipinski definition) is 2. The fourth-order valence-corrected chi connectivity index (χ4v) is 3.13. The molecule has 0 aromatic rings. The van der Waals surface area contributed by atoms with E-state index in [1.807, 2.05) is 6.92 Å². The van der Waals surface area contributed by atoms with Crippen LogP contribution in [0.3, 0.4) is 0 Å². The third-order valence-corrected chi connectivity index (χ3v) is 3.72. The molecule has 0 aromatic carbocycles. The van der Waals surface area contributed by atoms with E-state index in [1.54, 1.807) is 0 Å². The normalized spacial score (nSPS) is 37.6. The number of rotatable bonds is 3. The highest BCUT2D eigenvalue weighted by Crippen LogP contribution is 2.60. The fraction of sp³-hybridized carbons (Fsp3) is 0.833. The monoisotopic (exact) mass is 207 g/mol. The van der Waals surface area contributed by atoms with Crippen LogP contribution in [0.1, 0.15) is 39.0 Å². The van der Waals surface area contributed by atoms with Gasteiger partial charge in [0.05, 0.1) is 6.61 Å². The molecule has 3 nitrogen and oxygen atoms in total. The van der Waals surface area contributed by atoms with Crippen molar-refractivity contribution < 1.29 is 9.53 Å². The molecule has 2 aliphatic carbocycles. The lowest BCUT2D eigenvalue weighted by molar-refractivity contribution is -0.147. The number of nitrogens with zero attached hydrogens (tertiary/aromatic N) is 1. The molecule has 0 saturated heterocycles. The Labute approximate surface area is 90.6 Å². The van der Waals surface area contributed by atoms with E-state index in [2.05, 4.69) is 4.85 Å². The standard InChI is InChI=1S/C12H17NO2/c1-3-15-11(14)4-9-5-12(6-9)7-10(8-12)13-2/h9-10H,3-8H2,1H3. The molecule has 2 aliphatic rings. The summed E-state index contributed by atoms with van der Waals surface area (Å²) in [4.78, 5) is 14.8. The average Bonchev–Trinajstić information content (AvgIpc) is 2.07. The second-order valence-corrected chi connectivity index (χ2v) is 4.97. The zero-order valence-electron chi connectivity index (χ0n) is 9.16. The highest BCUT2D eigenvalue weighted by Gasteiger charge is 2.56. The predicted octanol–water partition coefficient (Wildman–Crippen LogP) is 2.42. The number of esters is 1. The SMILES string of the molecule is [C-]#[N+]C1CC2(CC(CC(=O)OCC)C2)C1. The van der Waals surface area contributed by atoms with Crippen LogP contribution in [-0.2, 0) is 9.53 Å². The van der Waals surface area contributed by atoms with Gasteiger partial charge in [0.15, 0.2) is 0 Å². The van der Waals surface area contributed by atoms with Crippen LogP contribution in [0.2, 0.25) is 0 Å². The molecular weight excluding hydrogens is 190 g/mol. The summed E-state index contributed by atoms with van der Waals surface area (Å²) in [5, 5.41) is 0. The number of carbonyl (C=O) groups is 1. The Morgan fingerprint density at radius 3 is 2.67 bits per heavy atom. The van der Waals surface area contributed by atoms with Crippen LogP contribution >= 0.6 is 0 Å². The average molecular weight is 207 g/mol. The summed E-state index contributed by atoms with van der Waals surface area (Å²) in [6.45, 7) is 9.23. The molecule has 82 valence electrons. The highest BCUT2D eigenvalue weighted by molar-refractivity contribution is 5.69. The molecule has 3 heteroatoms. The zero-order chi connectivity index (χ0) is 10.9. The molecule has 0 unspecified atom stereocenters.